The molecule has 1 aromatic rings. The molecule has 20 heavy (non-hydrogen) atoms. The van der Waals surface area contributed by atoms with E-state index >= 15 is 0 Å². The summed E-state index contributed by atoms with van der Waals surface area (Å²) in [6.07, 6.45) is 1.91. The summed E-state index contributed by atoms with van der Waals surface area (Å²) < 4.78 is 0. The van der Waals surface area contributed by atoms with Crippen LogP contribution in [0.4, 0.5) is 0 Å². The molecule has 0 amide bonds. The van der Waals surface area contributed by atoms with Gasteiger partial charge in [0.05, 0.1) is 11.2 Å². The molecule has 5 nitrogen and oxygen atoms in total. The Bertz CT molecular complexity index is 467. The Morgan fingerprint density at radius 1 is 1.40 bits per heavy atom. The van der Waals surface area contributed by atoms with Gasteiger partial charge in [-0.2, -0.15) is 0 Å². The molecule has 112 valence electrons. The lowest BCUT2D eigenvalue weighted by molar-refractivity contribution is 0.0405. The Morgan fingerprint density at radius 3 is 2.55 bits per heavy atom. The van der Waals surface area contributed by atoms with E-state index in [4.69, 9.17) is 10.2 Å². The minimum absolute atomic E-state index is 0.0176. The molecule has 5 heteroatoms. The van der Waals surface area contributed by atoms with Crippen molar-refractivity contribution in [3.63, 3.8) is 0 Å². The number of benzene rings is 1. The molecule has 0 aliphatic heterocycles. The maximum absolute atomic E-state index is 10.8. The van der Waals surface area contributed by atoms with Gasteiger partial charge in [0.25, 0.3) is 0 Å². The molecule has 0 saturated carbocycles. The number of carboxylic acids is 1. The third kappa shape index (κ3) is 4.21. The van der Waals surface area contributed by atoms with Crippen LogP contribution in [-0.4, -0.2) is 33.0 Å². The number of aromatic hydroxyl groups is 1. The van der Waals surface area contributed by atoms with Crippen LogP contribution < -0.4 is 0 Å². The number of aliphatic hydroxyl groups is 2. The Hall–Kier alpha value is -1.59. The van der Waals surface area contributed by atoms with Crippen LogP contribution in [-0.2, 0) is 5.60 Å². The van der Waals surface area contributed by atoms with E-state index < -0.39 is 11.6 Å². The van der Waals surface area contributed by atoms with Gasteiger partial charge in [-0.25, -0.2) is 4.79 Å². The number of hydrogen-bond donors (Lipinski definition) is 4. The van der Waals surface area contributed by atoms with Gasteiger partial charge in [0.15, 0.2) is 0 Å². The van der Waals surface area contributed by atoms with E-state index in [1.165, 1.54) is 12.1 Å². The van der Waals surface area contributed by atoms with Crippen molar-refractivity contribution in [3.05, 3.63) is 29.3 Å². The fourth-order valence-corrected chi connectivity index (χ4v) is 2.14. The van der Waals surface area contributed by atoms with Crippen LogP contribution in [0.25, 0.3) is 0 Å². The number of phenolic OH excluding ortho intramolecular Hbond substituents is 1. The van der Waals surface area contributed by atoms with Crippen LogP contribution in [0.5, 0.6) is 5.75 Å². The minimum Gasteiger partial charge on any atom is -0.508 e. The summed E-state index contributed by atoms with van der Waals surface area (Å²) in [6.45, 7) is 3.63. The summed E-state index contributed by atoms with van der Waals surface area (Å²) >= 11 is 0. The van der Waals surface area contributed by atoms with Crippen molar-refractivity contribution < 1.29 is 25.2 Å². The summed E-state index contributed by atoms with van der Waals surface area (Å²) in [7, 11) is 0. The summed E-state index contributed by atoms with van der Waals surface area (Å²) in [5.41, 5.74) is -0.925. The number of hydrogen-bond acceptors (Lipinski definition) is 4. The molecule has 2 atom stereocenters. The van der Waals surface area contributed by atoms with Gasteiger partial charge in [-0.05, 0) is 44.2 Å². The highest BCUT2D eigenvalue weighted by molar-refractivity contribution is 5.88. The maximum Gasteiger partial charge on any atom is 0.335 e. The molecule has 4 N–H and O–H groups in total. The Morgan fingerprint density at radius 2 is 2.05 bits per heavy atom. The lowest BCUT2D eigenvalue weighted by atomic mass is 9.88. The number of aliphatic hydroxyl groups excluding tert-OH is 1. The molecule has 0 unspecified atom stereocenters. The molecule has 0 aliphatic carbocycles. The zero-order valence-electron chi connectivity index (χ0n) is 11.8. The molecular weight excluding hydrogens is 260 g/mol. The molecule has 0 radical (unpaired) electrons. The van der Waals surface area contributed by atoms with E-state index in [9.17, 15) is 15.0 Å². The molecule has 0 heterocycles. The average molecular weight is 282 g/mol. The van der Waals surface area contributed by atoms with Crippen molar-refractivity contribution >= 4 is 5.97 Å². The number of carbonyl (C=O) groups is 1. The average Bonchev–Trinajstić information content (AvgIpc) is 2.37. The smallest absolute Gasteiger partial charge is 0.335 e. The minimum atomic E-state index is -1.23. The summed E-state index contributed by atoms with van der Waals surface area (Å²) in [5.74, 6) is -1.16. The zero-order chi connectivity index (χ0) is 15.3. The van der Waals surface area contributed by atoms with Gasteiger partial charge in [0, 0.05) is 12.2 Å². The molecule has 0 aromatic heterocycles. The first kappa shape index (κ1) is 16.5. The van der Waals surface area contributed by atoms with Crippen LogP contribution in [0.2, 0.25) is 0 Å². The first-order chi connectivity index (χ1) is 9.27. The van der Waals surface area contributed by atoms with Crippen LogP contribution in [0, 0.1) is 5.92 Å². The number of phenols is 1. The highest BCUT2D eigenvalue weighted by Gasteiger charge is 2.26. The normalized spacial score (nSPS) is 15.6. The molecule has 1 rings (SSSR count). The van der Waals surface area contributed by atoms with Crippen LogP contribution >= 0.6 is 0 Å². The van der Waals surface area contributed by atoms with E-state index in [-0.39, 0.29) is 23.8 Å². The zero-order valence-corrected chi connectivity index (χ0v) is 11.8. The van der Waals surface area contributed by atoms with Crippen molar-refractivity contribution in [1.29, 1.82) is 0 Å². The second kappa shape index (κ2) is 6.72. The molecular formula is C15H22O5. The second-order valence-corrected chi connectivity index (χ2v) is 5.49. The third-order valence-electron chi connectivity index (χ3n) is 3.50. The molecule has 1 aromatic carbocycles. The topological polar surface area (TPSA) is 98.0 Å². The SMILES string of the molecule is C[C@H](CO)CCC[C@](C)(O)c1ccc(C(=O)O)cc1O. The summed E-state index contributed by atoms with van der Waals surface area (Å²) in [4.78, 5) is 10.8. The Kier molecular flexibility index (Phi) is 5.53. The van der Waals surface area contributed by atoms with Gasteiger partial charge in [0.2, 0.25) is 0 Å². The van der Waals surface area contributed by atoms with Gasteiger partial charge >= 0.3 is 5.97 Å². The van der Waals surface area contributed by atoms with Crippen molar-refractivity contribution in [2.45, 2.75) is 38.7 Å². The molecule has 0 spiro atoms. The van der Waals surface area contributed by atoms with E-state index in [2.05, 4.69) is 0 Å². The predicted octanol–water partition coefficient (Wildman–Crippen LogP) is 2.10. The molecule has 0 aliphatic rings. The van der Waals surface area contributed by atoms with Crippen LogP contribution in [0.15, 0.2) is 18.2 Å². The largest absolute Gasteiger partial charge is 0.508 e. The molecule has 0 saturated heterocycles. The lowest BCUT2D eigenvalue weighted by Crippen LogP contribution is -2.22. The van der Waals surface area contributed by atoms with E-state index in [1.807, 2.05) is 6.92 Å². The Labute approximate surface area is 118 Å². The van der Waals surface area contributed by atoms with E-state index in [0.717, 1.165) is 12.5 Å². The van der Waals surface area contributed by atoms with E-state index in [1.54, 1.807) is 6.92 Å². The van der Waals surface area contributed by atoms with Crippen molar-refractivity contribution in [2.24, 2.45) is 5.92 Å². The maximum atomic E-state index is 10.8. The first-order valence-electron chi connectivity index (χ1n) is 6.68. The van der Waals surface area contributed by atoms with Crippen molar-refractivity contribution in [2.75, 3.05) is 6.61 Å². The van der Waals surface area contributed by atoms with Crippen LogP contribution in [0.1, 0.15) is 49.0 Å². The van der Waals surface area contributed by atoms with E-state index in [0.29, 0.717) is 18.4 Å². The standard InChI is InChI=1S/C15H22O5/c1-10(9-16)4-3-7-15(2,20)12-6-5-11(14(18)19)8-13(12)17/h5-6,8,10,16-17,20H,3-4,7,9H2,1-2H3,(H,18,19)/t10-,15-/m0/s1. The first-order valence-corrected chi connectivity index (χ1v) is 6.68. The Balaban J connectivity index is 2.79. The van der Waals surface area contributed by atoms with Gasteiger partial charge in [-0.1, -0.05) is 13.0 Å². The third-order valence-corrected chi connectivity index (χ3v) is 3.50. The lowest BCUT2D eigenvalue weighted by Gasteiger charge is -2.25. The highest BCUT2D eigenvalue weighted by atomic mass is 16.4. The quantitative estimate of drug-likeness (QED) is 0.614. The van der Waals surface area contributed by atoms with Crippen molar-refractivity contribution in [3.8, 4) is 5.75 Å². The number of aromatic carboxylic acids is 1. The molecule has 0 bridgehead atoms. The van der Waals surface area contributed by atoms with Crippen molar-refractivity contribution in [1.82, 2.24) is 0 Å². The molecule has 0 fully saturated rings. The van der Waals surface area contributed by atoms with Gasteiger partial charge in [0.1, 0.15) is 5.75 Å². The summed E-state index contributed by atoms with van der Waals surface area (Å²) in [6, 6.07) is 3.94. The van der Waals surface area contributed by atoms with Gasteiger partial charge in [-0.15, -0.1) is 0 Å². The van der Waals surface area contributed by atoms with Gasteiger partial charge < -0.3 is 20.4 Å². The monoisotopic (exact) mass is 282 g/mol. The van der Waals surface area contributed by atoms with Gasteiger partial charge in [-0.3, -0.25) is 0 Å². The fraction of sp³-hybridized carbons (Fsp3) is 0.533. The fourth-order valence-electron chi connectivity index (χ4n) is 2.14. The number of rotatable bonds is 7. The summed E-state index contributed by atoms with van der Waals surface area (Å²) in [5, 5.41) is 38.1. The van der Waals surface area contributed by atoms with Crippen LogP contribution in [0.3, 0.4) is 0 Å². The predicted molar refractivity (Wildman–Crippen MR) is 74.7 cm³/mol. The highest BCUT2D eigenvalue weighted by Crippen LogP contribution is 2.34. The number of carboxylic acid groups (broad SMARTS) is 1. The second-order valence-electron chi connectivity index (χ2n) is 5.49.